The predicted molar refractivity (Wildman–Crippen MR) is 52.6 cm³/mol. The van der Waals surface area contributed by atoms with E-state index < -0.39 is 11.7 Å². The number of thioether (sulfide) groups is 1. The van der Waals surface area contributed by atoms with E-state index in [0.717, 1.165) is 0 Å². The SMILES string of the molecule is CSc1cc(N)c(C(F)(F)F)c(Cl)c1. The molecule has 6 heteroatoms. The number of benzene rings is 1. The van der Waals surface area contributed by atoms with Gasteiger partial charge in [-0.3, -0.25) is 0 Å². The Morgan fingerprint density at radius 3 is 2.29 bits per heavy atom. The molecule has 2 N–H and O–H groups in total. The number of nitrogen functional groups attached to an aromatic ring is 1. The molecule has 0 aliphatic rings. The second-order valence-electron chi connectivity index (χ2n) is 2.57. The van der Waals surface area contributed by atoms with E-state index in [-0.39, 0.29) is 10.7 Å². The van der Waals surface area contributed by atoms with Crippen molar-refractivity contribution in [2.45, 2.75) is 11.1 Å². The third-order valence-corrected chi connectivity index (χ3v) is 2.62. The Kier molecular flexibility index (Phi) is 3.21. The van der Waals surface area contributed by atoms with Crippen LogP contribution in [-0.4, -0.2) is 6.26 Å². The number of anilines is 1. The van der Waals surface area contributed by atoms with E-state index in [1.807, 2.05) is 0 Å². The highest BCUT2D eigenvalue weighted by Gasteiger charge is 2.35. The van der Waals surface area contributed by atoms with E-state index in [2.05, 4.69) is 0 Å². The Bertz CT molecular complexity index is 328. The van der Waals surface area contributed by atoms with Crippen LogP contribution >= 0.6 is 23.4 Å². The van der Waals surface area contributed by atoms with E-state index in [1.54, 1.807) is 6.26 Å². The summed E-state index contributed by atoms with van der Waals surface area (Å²) in [6.45, 7) is 0. The summed E-state index contributed by atoms with van der Waals surface area (Å²) in [6.07, 6.45) is -2.77. The van der Waals surface area contributed by atoms with Crippen LogP contribution in [-0.2, 0) is 6.18 Å². The fraction of sp³-hybridized carbons (Fsp3) is 0.250. The molecule has 0 amide bonds. The lowest BCUT2D eigenvalue weighted by Crippen LogP contribution is -2.09. The summed E-state index contributed by atoms with van der Waals surface area (Å²) in [4.78, 5) is 0.612. The molecule has 1 aromatic carbocycles. The summed E-state index contributed by atoms with van der Waals surface area (Å²) >= 11 is 6.77. The van der Waals surface area contributed by atoms with Crippen LogP contribution in [0.5, 0.6) is 0 Å². The quantitative estimate of drug-likeness (QED) is 0.600. The highest BCUT2D eigenvalue weighted by molar-refractivity contribution is 7.98. The van der Waals surface area contributed by atoms with Crippen molar-refractivity contribution in [3.63, 3.8) is 0 Å². The molecule has 0 aliphatic heterocycles. The summed E-state index contributed by atoms with van der Waals surface area (Å²) in [5.41, 5.74) is 3.97. The molecule has 0 radical (unpaired) electrons. The van der Waals surface area contributed by atoms with Crippen LogP contribution < -0.4 is 5.73 Å². The molecule has 0 saturated carbocycles. The zero-order valence-electron chi connectivity index (χ0n) is 7.15. The maximum atomic E-state index is 12.4. The average Bonchev–Trinajstić information content (AvgIpc) is 1.99. The molecule has 0 bridgehead atoms. The summed E-state index contributed by atoms with van der Waals surface area (Å²) in [5.74, 6) is 0. The molecular weight excluding hydrogens is 235 g/mol. The van der Waals surface area contributed by atoms with Crippen molar-refractivity contribution in [3.8, 4) is 0 Å². The molecule has 0 spiro atoms. The maximum Gasteiger partial charge on any atom is 0.419 e. The smallest absolute Gasteiger partial charge is 0.398 e. The van der Waals surface area contributed by atoms with Gasteiger partial charge in [0, 0.05) is 10.6 Å². The van der Waals surface area contributed by atoms with E-state index >= 15 is 0 Å². The van der Waals surface area contributed by atoms with Gasteiger partial charge in [-0.05, 0) is 18.4 Å². The Morgan fingerprint density at radius 2 is 1.93 bits per heavy atom. The molecule has 0 fully saturated rings. The Morgan fingerprint density at radius 1 is 1.36 bits per heavy atom. The van der Waals surface area contributed by atoms with Crippen molar-refractivity contribution >= 4 is 29.1 Å². The maximum absolute atomic E-state index is 12.4. The van der Waals surface area contributed by atoms with Gasteiger partial charge in [0.15, 0.2) is 0 Å². The van der Waals surface area contributed by atoms with Crippen molar-refractivity contribution in [2.24, 2.45) is 0 Å². The van der Waals surface area contributed by atoms with Crippen molar-refractivity contribution < 1.29 is 13.2 Å². The van der Waals surface area contributed by atoms with E-state index in [9.17, 15) is 13.2 Å². The normalized spacial score (nSPS) is 11.8. The number of hydrogen-bond donors (Lipinski definition) is 1. The van der Waals surface area contributed by atoms with Crippen molar-refractivity contribution in [1.29, 1.82) is 0 Å². The molecule has 1 nitrogen and oxygen atoms in total. The molecule has 1 aromatic rings. The number of halogens is 4. The highest BCUT2D eigenvalue weighted by Crippen LogP contribution is 2.40. The predicted octanol–water partition coefficient (Wildman–Crippen LogP) is 3.66. The zero-order valence-corrected chi connectivity index (χ0v) is 8.72. The molecule has 0 aromatic heterocycles. The molecule has 0 saturated heterocycles. The Labute approximate surface area is 88.4 Å². The third kappa shape index (κ3) is 2.27. The fourth-order valence-electron chi connectivity index (χ4n) is 1.02. The number of alkyl halides is 3. The fourth-order valence-corrected chi connectivity index (χ4v) is 1.90. The zero-order chi connectivity index (χ0) is 10.9. The van der Waals surface area contributed by atoms with Gasteiger partial charge in [-0.15, -0.1) is 11.8 Å². The second-order valence-corrected chi connectivity index (χ2v) is 3.86. The molecule has 0 atom stereocenters. The largest absolute Gasteiger partial charge is 0.419 e. The number of rotatable bonds is 1. The van der Waals surface area contributed by atoms with Gasteiger partial charge in [0.25, 0.3) is 0 Å². The Hall–Kier alpha value is -0.550. The van der Waals surface area contributed by atoms with Gasteiger partial charge < -0.3 is 5.73 Å². The van der Waals surface area contributed by atoms with Crippen LogP contribution in [0.4, 0.5) is 18.9 Å². The van der Waals surface area contributed by atoms with Crippen LogP contribution in [0.2, 0.25) is 5.02 Å². The van der Waals surface area contributed by atoms with Gasteiger partial charge in [-0.1, -0.05) is 11.6 Å². The number of hydrogen-bond acceptors (Lipinski definition) is 2. The molecule has 78 valence electrons. The Balaban J connectivity index is 3.33. The topological polar surface area (TPSA) is 26.0 Å². The summed E-state index contributed by atoms with van der Waals surface area (Å²) in [5, 5.41) is -0.359. The molecule has 0 heterocycles. The van der Waals surface area contributed by atoms with E-state index in [0.29, 0.717) is 4.90 Å². The summed E-state index contributed by atoms with van der Waals surface area (Å²) < 4.78 is 37.1. The van der Waals surface area contributed by atoms with Gasteiger partial charge >= 0.3 is 6.18 Å². The van der Waals surface area contributed by atoms with Crippen LogP contribution in [0.25, 0.3) is 0 Å². The van der Waals surface area contributed by atoms with Crippen LogP contribution in [0.3, 0.4) is 0 Å². The van der Waals surface area contributed by atoms with Crippen LogP contribution in [0.1, 0.15) is 5.56 Å². The van der Waals surface area contributed by atoms with Crippen LogP contribution in [0.15, 0.2) is 17.0 Å². The molecule has 14 heavy (non-hydrogen) atoms. The third-order valence-electron chi connectivity index (χ3n) is 1.61. The first-order valence-corrected chi connectivity index (χ1v) is 5.16. The van der Waals surface area contributed by atoms with Gasteiger partial charge in [-0.25, -0.2) is 0 Å². The van der Waals surface area contributed by atoms with Crippen molar-refractivity contribution in [3.05, 3.63) is 22.7 Å². The minimum atomic E-state index is -4.50. The molecule has 0 aliphatic carbocycles. The van der Waals surface area contributed by atoms with Gasteiger partial charge in [-0.2, -0.15) is 13.2 Å². The molecule has 0 unspecified atom stereocenters. The first kappa shape index (κ1) is 11.5. The van der Waals surface area contributed by atoms with Crippen molar-refractivity contribution in [2.75, 3.05) is 12.0 Å². The van der Waals surface area contributed by atoms with Gasteiger partial charge in [0.2, 0.25) is 0 Å². The lowest BCUT2D eigenvalue weighted by Gasteiger charge is -2.12. The summed E-state index contributed by atoms with van der Waals surface area (Å²) in [6, 6.07) is 2.52. The monoisotopic (exact) mass is 241 g/mol. The number of nitrogens with two attached hydrogens (primary N) is 1. The van der Waals surface area contributed by atoms with Crippen LogP contribution in [0, 0.1) is 0 Å². The lowest BCUT2D eigenvalue weighted by molar-refractivity contribution is -0.136. The second kappa shape index (κ2) is 3.90. The minimum absolute atomic E-state index is 0.339. The van der Waals surface area contributed by atoms with Gasteiger partial charge in [0.1, 0.15) is 0 Å². The molecular formula is C8H7ClF3NS. The van der Waals surface area contributed by atoms with Gasteiger partial charge in [0.05, 0.1) is 10.6 Å². The first-order valence-electron chi connectivity index (χ1n) is 3.56. The molecule has 1 rings (SSSR count). The average molecular weight is 242 g/mol. The van der Waals surface area contributed by atoms with E-state index in [4.69, 9.17) is 17.3 Å². The lowest BCUT2D eigenvalue weighted by atomic mass is 10.2. The standard InChI is InChI=1S/C8H7ClF3NS/c1-14-4-2-5(9)7(6(13)3-4)8(10,11)12/h2-3H,13H2,1H3. The highest BCUT2D eigenvalue weighted by atomic mass is 35.5. The minimum Gasteiger partial charge on any atom is -0.398 e. The first-order chi connectivity index (χ1) is 6.36. The van der Waals surface area contributed by atoms with E-state index in [1.165, 1.54) is 23.9 Å². The van der Waals surface area contributed by atoms with Crippen molar-refractivity contribution in [1.82, 2.24) is 0 Å². The summed E-state index contributed by atoms with van der Waals surface area (Å²) in [7, 11) is 0.